The van der Waals surface area contributed by atoms with E-state index in [9.17, 15) is 14.4 Å². The number of primary amides is 1. The van der Waals surface area contributed by atoms with Gasteiger partial charge in [-0.05, 0) is 0 Å². The van der Waals surface area contributed by atoms with E-state index in [-0.39, 0.29) is 0 Å². The molecule has 6 nitrogen and oxygen atoms in total. The molecule has 0 saturated carbocycles. The van der Waals surface area contributed by atoms with Crippen molar-refractivity contribution in [2.24, 2.45) is 5.73 Å². The topological polar surface area (TPSA) is 109 Å². The second-order valence-corrected chi connectivity index (χ2v) is 1.13. The molecule has 0 aromatic heterocycles. The Kier molecular flexibility index (Phi) is 2.33. The second-order valence-electron chi connectivity index (χ2n) is 1.13. The lowest BCUT2D eigenvalue weighted by Crippen LogP contribution is -2.37. The van der Waals surface area contributed by atoms with Crippen LogP contribution >= 0.6 is 0 Å². The molecule has 0 aliphatic rings. The Morgan fingerprint density at radius 1 is 1.33 bits per heavy atom. The Balaban J connectivity index is 4.05. The fourth-order valence-electron chi connectivity index (χ4n) is 0.163. The predicted octanol–water partition coefficient (Wildman–Crippen LogP) is -2.45. The third-order valence-electron chi connectivity index (χ3n) is 0.532. The molecule has 6 heteroatoms. The summed E-state index contributed by atoms with van der Waals surface area (Å²) in [6, 6.07) is 0. The molecule has 0 aromatic carbocycles. The fraction of sp³-hybridized carbons (Fsp3) is 0. The molecule has 2 amide bonds. The molecule has 0 saturated heterocycles. The lowest BCUT2D eigenvalue weighted by Gasteiger charge is -1.89. The number of amides is 2. The maximum absolute atomic E-state index is 10.0. The Bertz CT molecular complexity index is 163. The minimum Gasteiger partial charge on any atom is -0.363 e. The van der Waals surface area contributed by atoms with Crippen LogP contribution in [-0.2, 0) is 14.4 Å². The van der Waals surface area contributed by atoms with Gasteiger partial charge in [-0.1, -0.05) is 0 Å². The summed E-state index contributed by atoms with van der Waals surface area (Å²) in [6.07, 6.45) is 0. The molecule has 0 bridgehead atoms. The van der Waals surface area contributed by atoms with Crippen molar-refractivity contribution in [2.45, 2.75) is 0 Å². The molecule has 0 fully saturated rings. The quantitative estimate of drug-likeness (QED) is 0.167. The Labute approximate surface area is 49.6 Å². The summed E-state index contributed by atoms with van der Waals surface area (Å²) in [5.74, 6) is -4.30. The van der Waals surface area contributed by atoms with Crippen molar-refractivity contribution >= 4 is 17.6 Å². The van der Waals surface area contributed by atoms with Gasteiger partial charge in [-0.2, -0.15) is 0 Å². The molecule has 0 aliphatic heterocycles. The first-order chi connectivity index (χ1) is 4.09. The van der Waals surface area contributed by atoms with E-state index < -0.39 is 17.6 Å². The molecule has 0 radical (unpaired) electrons. The van der Waals surface area contributed by atoms with E-state index in [1.165, 1.54) is 0 Å². The average molecular weight is 132 g/mol. The van der Waals surface area contributed by atoms with E-state index in [1.807, 2.05) is 0 Å². The lowest BCUT2D eigenvalue weighted by atomic mass is 10.4. The number of rotatable bonds is 2. The minimum absolute atomic E-state index is 0.957. The smallest absolute Gasteiger partial charge is 0.320 e. The highest BCUT2D eigenvalue weighted by Crippen LogP contribution is 1.66. The number of hydrogen-bond donors (Lipinski definition) is 3. The van der Waals surface area contributed by atoms with Crippen molar-refractivity contribution in [1.82, 2.24) is 5.48 Å². The van der Waals surface area contributed by atoms with Crippen molar-refractivity contribution in [3.63, 3.8) is 0 Å². The van der Waals surface area contributed by atoms with Crippen LogP contribution in [0.5, 0.6) is 0 Å². The first kappa shape index (κ1) is 7.57. The third-order valence-corrected chi connectivity index (χ3v) is 0.532. The van der Waals surface area contributed by atoms with Crippen LogP contribution in [0.2, 0.25) is 0 Å². The van der Waals surface area contributed by atoms with Crippen molar-refractivity contribution in [1.29, 1.82) is 0 Å². The summed E-state index contributed by atoms with van der Waals surface area (Å²) in [4.78, 5) is 29.8. The highest BCUT2D eigenvalue weighted by atomic mass is 16.5. The molecule has 9 heavy (non-hydrogen) atoms. The molecule has 50 valence electrons. The van der Waals surface area contributed by atoms with Gasteiger partial charge in [0.2, 0.25) is 0 Å². The predicted molar refractivity (Wildman–Crippen MR) is 24.1 cm³/mol. The maximum Gasteiger partial charge on any atom is 0.320 e. The molecule has 0 spiro atoms. The van der Waals surface area contributed by atoms with Crippen molar-refractivity contribution < 1.29 is 19.6 Å². The monoisotopic (exact) mass is 132 g/mol. The second kappa shape index (κ2) is 2.78. The Morgan fingerprint density at radius 2 is 1.78 bits per heavy atom. The normalized spacial score (nSPS) is 8.11. The molecule has 0 aliphatic carbocycles. The zero-order valence-corrected chi connectivity index (χ0v) is 4.25. The molecule has 0 aromatic rings. The van der Waals surface area contributed by atoms with Gasteiger partial charge in [-0.3, -0.25) is 19.6 Å². The Morgan fingerprint density at radius 3 is 1.89 bits per heavy atom. The number of hydrogen-bond acceptors (Lipinski definition) is 4. The zero-order valence-electron chi connectivity index (χ0n) is 4.25. The number of nitrogens with two attached hydrogens (primary N) is 1. The SMILES string of the molecule is NC(=O)C(=O)C(=O)NO. The van der Waals surface area contributed by atoms with Crippen LogP contribution < -0.4 is 11.2 Å². The van der Waals surface area contributed by atoms with Gasteiger partial charge in [0.15, 0.2) is 0 Å². The van der Waals surface area contributed by atoms with Crippen LogP contribution in [0.25, 0.3) is 0 Å². The Hall–Kier alpha value is -1.43. The van der Waals surface area contributed by atoms with E-state index >= 15 is 0 Å². The van der Waals surface area contributed by atoms with Crippen LogP contribution in [-0.4, -0.2) is 22.8 Å². The van der Waals surface area contributed by atoms with E-state index in [0.29, 0.717) is 0 Å². The summed E-state index contributed by atoms with van der Waals surface area (Å²) >= 11 is 0. The largest absolute Gasteiger partial charge is 0.363 e. The van der Waals surface area contributed by atoms with E-state index in [1.54, 1.807) is 0 Å². The number of carbonyl (C=O) groups excluding carboxylic acids is 3. The number of Topliss-reactive ketones (excluding diaryl/α,β-unsaturated/α-hetero) is 1. The molecular weight excluding hydrogens is 128 g/mol. The van der Waals surface area contributed by atoms with Crippen LogP contribution in [0.1, 0.15) is 0 Å². The standard InChI is InChI=1S/C3H4N2O4/c4-2(7)1(6)3(8)5-9/h9H,(H2,4,7)(H,5,8). The van der Waals surface area contributed by atoms with Gasteiger partial charge >= 0.3 is 11.7 Å². The summed E-state index contributed by atoms with van der Waals surface area (Å²) in [5.41, 5.74) is 5.31. The number of nitrogens with one attached hydrogen (secondary N) is 1. The average Bonchev–Trinajstić information content (AvgIpc) is 1.84. The lowest BCUT2D eigenvalue weighted by molar-refractivity contribution is -0.148. The zero-order chi connectivity index (χ0) is 7.44. The van der Waals surface area contributed by atoms with Gasteiger partial charge in [0.1, 0.15) is 0 Å². The van der Waals surface area contributed by atoms with Gasteiger partial charge in [-0.25, -0.2) is 5.48 Å². The number of carbonyl (C=O) groups is 3. The van der Waals surface area contributed by atoms with Crippen LogP contribution in [0.3, 0.4) is 0 Å². The minimum atomic E-state index is -1.47. The van der Waals surface area contributed by atoms with Crippen LogP contribution in [0.4, 0.5) is 0 Å². The molecular formula is C3H4N2O4. The molecule has 0 rings (SSSR count). The molecule has 0 unspecified atom stereocenters. The van der Waals surface area contributed by atoms with E-state index in [4.69, 9.17) is 5.21 Å². The third kappa shape index (κ3) is 1.87. The first-order valence-electron chi connectivity index (χ1n) is 1.87. The molecule has 0 atom stereocenters. The molecule has 0 heterocycles. The number of ketones is 1. The summed E-state index contributed by atoms with van der Waals surface area (Å²) in [6.45, 7) is 0. The van der Waals surface area contributed by atoms with Gasteiger partial charge < -0.3 is 5.73 Å². The van der Waals surface area contributed by atoms with Gasteiger partial charge in [0, 0.05) is 0 Å². The van der Waals surface area contributed by atoms with E-state index in [2.05, 4.69) is 5.73 Å². The van der Waals surface area contributed by atoms with Crippen molar-refractivity contribution in [2.75, 3.05) is 0 Å². The highest BCUT2D eigenvalue weighted by Gasteiger charge is 2.17. The summed E-state index contributed by atoms with van der Waals surface area (Å²) < 4.78 is 0. The van der Waals surface area contributed by atoms with Crippen molar-refractivity contribution in [3.8, 4) is 0 Å². The van der Waals surface area contributed by atoms with E-state index in [0.717, 1.165) is 5.48 Å². The summed E-state index contributed by atoms with van der Waals surface area (Å²) in [7, 11) is 0. The first-order valence-corrected chi connectivity index (χ1v) is 1.87. The fourth-order valence-corrected chi connectivity index (χ4v) is 0.163. The maximum atomic E-state index is 10.0. The number of hydroxylamine groups is 1. The van der Waals surface area contributed by atoms with Crippen LogP contribution in [0.15, 0.2) is 0 Å². The van der Waals surface area contributed by atoms with Gasteiger partial charge in [0.25, 0.3) is 5.91 Å². The molecule has 4 N–H and O–H groups in total. The highest BCUT2D eigenvalue weighted by molar-refractivity contribution is 6.62. The van der Waals surface area contributed by atoms with Crippen LogP contribution in [0, 0.1) is 0 Å². The summed E-state index contributed by atoms with van der Waals surface area (Å²) in [5, 5.41) is 7.73. The van der Waals surface area contributed by atoms with Gasteiger partial charge in [0.05, 0.1) is 0 Å². The van der Waals surface area contributed by atoms with Crippen molar-refractivity contribution in [3.05, 3.63) is 0 Å². The van der Waals surface area contributed by atoms with Gasteiger partial charge in [-0.15, -0.1) is 0 Å².